The smallest absolute Gasteiger partial charge is 0.228 e. The van der Waals surface area contributed by atoms with Crippen molar-refractivity contribution in [1.29, 1.82) is 0 Å². The summed E-state index contributed by atoms with van der Waals surface area (Å²) in [5, 5.41) is 3.37. The monoisotopic (exact) mass is 265 g/mol. The van der Waals surface area contributed by atoms with Crippen LogP contribution < -0.4 is 5.32 Å². The molecule has 3 aliphatic rings. The molecule has 108 valence electrons. The van der Waals surface area contributed by atoms with Crippen LogP contribution in [0, 0.1) is 5.41 Å². The van der Waals surface area contributed by atoms with Gasteiger partial charge in [0.1, 0.15) is 0 Å². The second-order valence-electron chi connectivity index (χ2n) is 6.75. The van der Waals surface area contributed by atoms with Crippen LogP contribution in [0.5, 0.6) is 0 Å². The van der Waals surface area contributed by atoms with Gasteiger partial charge < -0.3 is 10.2 Å². The Bertz CT molecular complexity index is 338. The molecule has 3 rings (SSSR count). The molecule has 0 aromatic rings. The zero-order valence-corrected chi connectivity index (χ0v) is 12.2. The average Bonchev–Trinajstić information content (AvgIpc) is 2.76. The fourth-order valence-electron chi connectivity index (χ4n) is 3.97. The zero-order valence-electron chi connectivity index (χ0n) is 12.2. The molecule has 0 aromatic heterocycles. The van der Waals surface area contributed by atoms with Crippen molar-refractivity contribution in [1.82, 2.24) is 15.1 Å². The lowest BCUT2D eigenvalue weighted by molar-refractivity contribution is -0.143. The number of carbonyl (C=O) groups is 1. The predicted molar refractivity (Wildman–Crippen MR) is 76.0 cm³/mol. The molecular formula is C15H27N3O. The first kappa shape index (κ1) is 13.4. The fraction of sp³-hybridized carbons (Fsp3) is 0.933. The van der Waals surface area contributed by atoms with Crippen LogP contribution in [0.25, 0.3) is 0 Å². The van der Waals surface area contributed by atoms with E-state index in [1.54, 1.807) is 0 Å². The molecule has 0 aromatic carbocycles. The van der Waals surface area contributed by atoms with E-state index in [1.807, 2.05) is 0 Å². The summed E-state index contributed by atoms with van der Waals surface area (Å²) in [4.78, 5) is 17.7. The van der Waals surface area contributed by atoms with Crippen molar-refractivity contribution in [3.8, 4) is 0 Å². The number of rotatable bonds is 1. The maximum absolute atomic E-state index is 12.9. The van der Waals surface area contributed by atoms with Crippen LogP contribution in [-0.4, -0.2) is 61.0 Å². The topological polar surface area (TPSA) is 35.6 Å². The average molecular weight is 265 g/mol. The van der Waals surface area contributed by atoms with Gasteiger partial charge in [-0.25, -0.2) is 0 Å². The molecule has 0 spiro atoms. The molecule has 0 bridgehead atoms. The SMILES string of the molecule is CC1(C(=O)N2CCCN3CCCC3C2)CCNCC1. The quantitative estimate of drug-likeness (QED) is 0.770. The zero-order chi connectivity index (χ0) is 13.3. The van der Waals surface area contributed by atoms with Crippen LogP contribution in [0.4, 0.5) is 0 Å². The second kappa shape index (κ2) is 5.41. The van der Waals surface area contributed by atoms with E-state index in [9.17, 15) is 4.79 Å². The van der Waals surface area contributed by atoms with Crippen LogP contribution in [0.15, 0.2) is 0 Å². The Morgan fingerprint density at radius 2 is 1.89 bits per heavy atom. The number of nitrogens with zero attached hydrogens (tertiary/aromatic N) is 2. The summed E-state index contributed by atoms with van der Waals surface area (Å²) < 4.78 is 0. The van der Waals surface area contributed by atoms with Crippen LogP contribution in [0.1, 0.15) is 39.0 Å². The van der Waals surface area contributed by atoms with Crippen molar-refractivity contribution in [3.05, 3.63) is 0 Å². The Morgan fingerprint density at radius 3 is 2.68 bits per heavy atom. The van der Waals surface area contributed by atoms with Gasteiger partial charge >= 0.3 is 0 Å². The Balaban J connectivity index is 1.68. The van der Waals surface area contributed by atoms with Crippen LogP contribution in [0.3, 0.4) is 0 Å². The summed E-state index contributed by atoms with van der Waals surface area (Å²) in [6, 6.07) is 0.636. The lowest BCUT2D eigenvalue weighted by Gasteiger charge is -2.38. The third-order valence-corrected chi connectivity index (χ3v) is 5.31. The summed E-state index contributed by atoms with van der Waals surface area (Å²) in [5.74, 6) is 0.419. The van der Waals surface area contributed by atoms with Gasteiger partial charge in [-0.15, -0.1) is 0 Å². The molecule has 0 aliphatic carbocycles. The third kappa shape index (κ3) is 2.65. The van der Waals surface area contributed by atoms with E-state index >= 15 is 0 Å². The first-order valence-corrected chi connectivity index (χ1v) is 7.93. The van der Waals surface area contributed by atoms with Gasteiger partial charge in [-0.3, -0.25) is 9.69 Å². The molecule has 4 nitrogen and oxygen atoms in total. The highest BCUT2D eigenvalue weighted by Crippen LogP contribution is 2.32. The van der Waals surface area contributed by atoms with Crippen molar-refractivity contribution in [2.24, 2.45) is 5.41 Å². The maximum Gasteiger partial charge on any atom is 0.228 e. The van der Waals surface area contributed by atoms with E-state index in [0.717, 1.165) is 45.4 Å². The Morgan fingerprint density at radius 1 is 1.16 bits per heavy atom. The predicted octanol–water partition coefficient (Wildman–Crippen LogP) is 1.07. The number of hydrogen-bond acceptors (Lipinski definition) is 3. The van der Waals surface area contributed by atoms with Crippen molar-refractivity contribution in [2.75, 3.05) is 39.3 Å². The molecule has 0 saturated carbocycles. The van der Waals surface area contributed by atoms with Gasteiger partial charge in [-0.2, -0.15) is 0 Å². The van der Waals surface area contributed by atoms with Gasteiger partial charge in [0.25, 0.3) is 0 Å². The van der Waals surface area contributed by atoms with Gasteiger partial charge in [0.15, 0.2) is 0 Å². The summed E-state index contributed by atoms with van der Waals surface area (Å²) in [7, 11) is 0. The van der Waals surface area contributed by atoms with E-state index in [-0.39, 0.29) is 5.41 Å². The first-order chi connectivity index (χ1) is 9.19. The van der Waals surface area contributed by atoms with Crippen molar-refractivity contribution in [3.63, 3.8) is 0 Å². The number of piperidine rings is 1. The number of fused-ring (bicyclic) bond motifs is 1. The van der Waals surface area contributed by atoms with Crippen LogP contribution in [0.2, 0.25) is 0 Å². The van der Waals surface area contributed by atoms with Gasteiger partial charge in [0, 0.05) is 31.1 Å². The van der Waals surface area contributed by atoms with Gasteiger partial charge in [-0.1, -0.05) is 6.92 Å². The highest BCUT2D eigenvalue weighted by molar-refractivity contribution is 5.82. The molecule has 3 heterocycles. The van der Waals surface area contributed by atoms with Gasteiger partial charge in [0.2, 0.25) is 5.91 Å². The van der Waals surface area contributed by atoms with E-state index in [4.69, 9.17) is 0 Å². The summed E-state index contributed by atoms with van der Waals surface area (Å²) in [6.07, 6.45) is 5.74. The minimum Gasteiger partial charge on any atom is -0.341 e. The number of nitrogens with one attached hydrogen (secondary N) is 1. The fourth-order valence-corrected chi connectivity index (χ4v) is 3.97. The summed E-state index contributed by atoms with van der Waals surface area (Å²) in [6.45, 7) is 8.53. The minimum atomic E-state index is -0.112. The lowest BCUT2D eigenvalue weighted by Crippen LogP contribution is -2.49. The van der Waals surface area contributed by atoms with Crippen LogP contribution in [-0.2, 0) is 4.79 Å². The molecule has 4 heteroatoms. The van der Waals surface area contributed by atoms with Gasteiger partial charge in [0.05, 0.1) is 0 Å². The van der Waals surface area contributed by atoms with Crippen LogP contribution >= 0.6 is 0 Å². The second-order valence-corrected chi connectivity index (χ2v) is 6.75. The molecule has 1 unspecified atom stereocenters. The maximum atomic E-state index is 12.9. The lowest BCUT2D eigenvalue weighted by atomic mass is 9.79. The molecular weight excluding hydrogens is 238 g/mol. The molecule has 3 aliphatic heterocycles. The third-order valence-electron chi connectivity index (χ3n) is 5.31. The van der Waals surface area contributed by atoms with E-state index < -0.39 is 0 Å². The standard InChI is InChI=1S/C15H27N3O/c1-15(5-7-16-8-6-15)14(19)18-11-3-10-17-9-2-4-13(17)12-18/h13,16H,2-12H2,1H3. The van der Waals surface area contributed by atoms with E-state index in [0.29, 0.717) is 11.9 Å². The Labute approximate surface area is 116 Å². The molecule has 3 saturated heterocycles. The van der Waals surface area contributed by atoms with E-state index in [1.165, 1.54) is 25.9 Å². The Hall–Kier alpha value is -0.610. The highest BCUT2D eigenvalue weighted by Gasteiger charge is 2.39. The molecule has 1 N–H and O–H groups in total. The first-order valence-electron chi connectivity index (χ1n) is 7.93. The van der Waals surface area contributed by atoms with Crippen molar-refractivity contribution in [2.45, 2.75) is 45.1 Å². The molecule has 1 atom stereocenters. The summed E-state index contributed by atoms with van der Waals surface area (Å²) >= 11 is 0. The highest BCUT2D eigenvalue weighted by atomic mass is 16.2. The largest absolute Gasteiger partial charge is 0.341 e. The molecule has 3 fully saturated rings. The molecule has 0 radical (unpaired) electrons. The summed E-state index contributed by atoms with van der Waals surface area (Å²) in [5.41, 5.74) is -0.112. The van der Waals surface area contributed by atoms with E-state index in [2.05, 4.69) is 22.0 Å². The van der Waals surface area contributed by atoms with Crippen molar-refractivity contribution >= 4 is 5.91 Å². The normalized spacial score (nSPS) is 31.8. The molecule has 19 heavy (non-hydrogen) atoms. The number of hydrogen-bond donors (Lipinski definition) is 1. The number of amides is 1. The van der Waals surface area contributed by atoms with Gasteiger partial charge in [-0.05, 0) is 51.7 Å². The number of carbonyl (C=O) groups excluding carboxylic acids is 1. The minimum absolute atomic E-state index is 0.112. The Kier molecular flexibility index (Phi) is 3.81. The molecule has 1 amide bonds. The van der Waals surface area contributed by atoms with Crippen molar-refractivity contribution < 1.29 is 4.79 Å².